The van der Waals surface area contributed by atoms with Crippen LogP contribution in [0.4, 0.5) is 5.69 Å². The normalized spacial score (nSPS) is 18.8. The highest BCUT2D eigenvalue weighted by molar-refractivity contribution is 8.77. The number of methoxy groups -OCH3 is 1. The molecule has 3 aliphatic rings. The number of rotatable bonds is 9. The number of carbonyl (C=O) groups excluding carboxylic acids is 1. The minimum absolute atomic E-state index is 0.100. The van der Waals surface area contributed by atoms with Gasteiger partial charge in [-0.1, -0.05) is 52.3 Å². The standard InChI is InChI=1S/C32H36N2O2S2/c1-36-29-18-12-26(13-19-29)32(25-10-16-28(17-11-25)34-21-4-5-22-34)24-8-14-27(15-9-24)33-31(35)7-3-2-6-30-20-23-37-38-30/h8-19,30H,2-7,20-23H2,1H3/p+1. The average Bonchev–Trinajstić information content (AvgIpc) is 3.68. The quantitative estimate of drug-likeness (QED) is 0.201. The Kier molecular flexibility index (Phi) is 9.47. The first-order chi connectivity index (χ1) is 18.7. The summed E-state index contributed by atoms with van der Waals surface area (Å²) in [5.41, 5.74) is 6.73. The maximum atomic E-state index is 12.5. The molecule has 2 heterocycles. The van der Waals surface area contributed by atoms with Gasteiger partial charge in [-0.25, -0.2) is 4.58 Å². The monoisotopic (exact) mass is 545 g/mol. The zero-order valence-electron chi connectivity index (χ0n) is 22.2. The number of allylic oxidation sites excluding steroid dienone is 5. The van der Waals surface area contributed by atoms with E-state index in [1.54, 1.807) is 7.11 Å². The van der Waals surface area contributed by atoms with E-state index in [1.807, 2.05) is 45.9 Å². The Bertz CT molecular complexity index is 1210. The van der Waals surface area contributed by atoms with Gasteiger partial charge in [-0.2, -0.15) is 0 Å². The van der Waals surface area contributed by atoms with E-state index in [0.717, 1.165) is 53.7 Å². The van der Waals surface area contributed by atoms with E-state index >= 15 is 0 Å². The SMILES string of the molecule is COc1ccc(C(=C2C=CC(=[N+]3CCCC3)C=C2)c2ccc(NC(=O)CCCCC3CCSS3)cc2)cc1. The molecule has 6 heteroatoms. The van der Waals surface area contributed by atoms with Crippen molar-refractivity contribution in [3.8, 4) is 5.75 Å². The number of nitrogens with one attached hydrogen (secondary N) is 1. The number of unbranched alkanes of at least 4 members (excludes halogenated alkanes) is 1. The molecule has 198 valence electrons. The van der Waals surface area contributed by atoms with Crippen LogP contribution in [0, 0.1) is 0 Å². The van der Waals surface area contributed by atoms with Gasteiger partial charge >= 0.3 is 0 Å². The number of amides is 1. The summed E-state index contributed by atoms with van der Waals surface area (Å²) in [7, 11) is 5.69. The second kappa shape index (κ2) is 13.4. The van der Waals surface area contributed by atoms with Crippen molar-refractivity contribution < 1.29 is 14.1 Å². The van der Waals surface area contributed by atoms with Crippen LogP contribution in [0.25, 0.3) is 5.57 Å². The topological polar surface area (TPSA) is 41.3 Å². The summed E-state index contributed by atoms with van der Waals surface area (Å²) in [6.45, 7) is 2.28. The third kappa shape index (κ3) is 7.03. The molecule has 1 unspecified atom stereocenters. The highest BCUT2D eigenvalue weighted by atomic mass is 33.1. The van der Waals surface area contributed by atoms with Crippen LogP contribution in [0.3, 0.4) is 0 Å². The molecule has 0 spiro atoms. The van der Waals surface area contributed by atoms with Crippen LogP contribution in [0.2, 0.25) is 0 Å². The number of ether oxygens (including phenoxy) is 1. The molecule has 2 saturated heterocycles. The summed E-state index contributed by atoms with van der Waals surface area (Å²) >= 11 is 0. The zero-order valence-corrected chi connectivity index (χ0v) is 23.8. The highest BCUT2D eigenvalue weighted by Gasteiger charge is 2.19. The lowest BCUT2D eigenvalue weighted by atomic mass is 9.90. The van der Waals surface area contributed by atoms with Crippen LogP contribution in [-0.4, -0.2) is 47.4 Å². The van der Waals surface area contributed by atoms with Gasteiger partial charge in [0.05, 0.1) is 7.11 Å². The van der Waals surface area contributed by atoms with Crippen LogP contribution in [0.15, 0.2) is 78.4 Å². The molecule has 4 nitrogen and oxygen atoms in total. The molecule has 5 rings (SSSR count). The van der Waals surface area contributed by atoms with E-state index < -0.39 is 0 Å². The lowest BCUT2D eigenvalue weighted by Crippen LogP contribution is -2.15. The minimum Gasteiger partial charge on any atom is -0.497 e. The van der Waals surface area contributed by atoms with E-state index in [9.17, 15) is 4.79 Å². The minimum atomic E-state index is 0.100. The molecule has 2 fully saturated rings. The lowest BCUT2D eigenvalue weighted by molar-refractivity contribution is -0.504. The fourth-order valence-electron chi connectivity index (χ4n) is 5.24. The first-order valence-corrected chi connectivity index (χ1v) is 16.1. The Morgan fingerprint density at radius 2 is 1.63 bits per heavy atom. The van der Waals surface area contributed by atoms with E-state index in [-0.39, 0.29) is 5.91 Å². The molecule has 2 aromatic carbocycles. The summed E-state index contributed by atoms with van der Waals surface area (Å²) in [4.78, 5) is 12.5. The number of hydrogen-bond donors (Lipinski definition) is 1. The van der Waals surface area contributed by atoms with E-state index in [4.69, 9.17) is 4.74 Å². The van der Waals surface area contributed by atoms with Crippen molar-refractivity contribution in [2.45, 2.75) is 50.2 Å². The predicted octanol–water partition coefficient (Wildman–Crippen LogP) is 7.52. The van der Waals surface area contributed by atoms with Gasteiger partial charge in [0.25, 0.3) is 0 Å². The van der Waals surface area contributed by atoms with Crippen molar-refractivity contribution in [3.63, 3.8) is 0 Å². The van der Waals surface area contributed by atoms with Gasteiger partial charge in [-0.05, 0) is 78.0 Å². The van der Waals surface area contributed by atoms with Gasteiger partial charge in [0.2, 0.25) is 5.91 Å². The van der Waals surface area contributed by atoms with Gasteiger partial charge < -0.3 is 10.1 Å². The third-order valence-electron chi connectivity index (χ3n) is 7.37. The van der Waals surface area contributed by atoms with Crippen LogP contribution in [0.1, 0.15) is 56.1 Å². The first-order valence-electron chi connectivity index (χ1n) is 13.7. The smallest absolute Gasteiger partial charge is 0.224 e. The molecule has 1 N–H and O–H groups in total. The molecule has 1 aliphatic carbocycles. The second-order valence-corrected chi connectivity index (χ2v) is 12.8. The first kappa shape index (κ1) is 26.9. The number of anilines is 1. The molecular weight excluding hydrogens is 508 g/mol. The molecule has 38 heavy (non-hydrogen) atoms. The van der Waals surface area contributed by atoms with Gasteiger partial charge in [0.1, 0.15) is 18.8 Å². The summed E-state index contributed by atoms with van der Waals surface area (Å²) in [6.07, 6.45) is 16.7. The van der Waals surface area contributed by atoms with Crippen molar-refractivity contribution >= 4 is 44.5 Å². The number of benzene rings is 2. The Hall–Kier alpha value is -2.70. The lowest BCUT2D eigenvalue weighted by Gasteiger charge is -2.15. The number of carbonyl (C=O) groups is 1. The summed E-state index contributed by atoms with van der Waals surface area (Å²) in [5, 5.41) is 3.87. The molecule has 1 atom stereocenters. The van der Waals surface area contributed by atoms with Crippen LogP contribution < -0.4 is 10.1 Å². The number of nitrogens with zero attached hydrogens (tertiary/aromatic N) is 1. The Morgan fingerprint density at radius 3 is 2.26 bits per heavy atom. The molecule has 2 aliphatic heterocycles. The third-order valence-corrected chi connectivity index (χ3v) is 10.4. The second-order valence-electron chi connectivity index (χ2n) is 10.0. The average molecular weight is 546 g/mol. The van der Waals surface area contributed by atoms with Gasteiger partial charge in [0.15, 0.2) is 5.71 Å². The van der Waals surface area contributed by atoms with Crippen LogP contribution in [-0.2, 0) is 4.79 Å². The van der Waals surface area contributed by atoms with E-state index in [1.165, 1.54) is 48.3 Å². The fraction of sp³-hybridized carbons (Fsp3) is 0.375. The summed E-state index contributed by atoms with van der Waals surface area (Å²) in [6, 6.07) is 16.5. The molecule has 0 bridgehead atoms. The molecule has 0 radical (unpaired) electrons. The zero-order chi connectivity index (χ0) is 26.2. The molecule has 0 saturated carbocycles. The Balaban J connectivity index is 1.29. The van der Waals surface area contributed by atoms with Crippen molar-refractivity contribution in [2.75, 3.05) is 31.3 Å². The van der Waals surface area contributed by atoms with Crippen molar-refractivity contribution in [2.24, 2.45) is 0 Å². The van der Waals surface area contributed by atoms with Crippen molar-refractivity contribution in [1.82, 2.24) is 0 Å². The van der Waals surface area contributed by atoms with Crippen molar-refractivity contribution in [3.05, 3.63) is 89.5 Å². The summed E-state index contributed by atoms with van der Waals surface area (Å²) in [5.74, 6) is 2.22. The van der Waals surface area contributed by atoms with E-state index in [0.29, 0.717) is 6.42 Å². The maximum absolute atomic E-state index is 12.5. The largest absolute Gasteiger partial charge is 0.497 e. The van der Waals surface area contributed by atoms with Crippen molar-refractivity contribution in [1.29, 1.82) is 0 Å². The molecule has 2 aromatic rings. The maximum Gasteiger partial charge on any atom is 0.224 e. The molecule has 0 aromatic heterocycles. The molecular formula is C32H37N2O2S2+. The van der Waals surface area contributed by atoms with Gasteiger partial charge in [-0.15, -0.1) is 0 Å². The Labute approximate surface area is 234 Å². The van der Waals surface area contributed by atoms with Crippen LogP contribution in [0.5, 0.6) is 5.75 Å². The fourth-order valence-corrected chi connectivity index (χ4v) is 8.27. The highest BCUT2D eigenvalue weighted by Crippen LogP contribution is 2.40. The number of hydrogen-bond acceptors (Lipinski definition) is 4. The Morgan fingerprint density at radius 1 is 0.947 bits per heavy atom. The summed E-state index contributed by atoms with van der Waals surface area (Å²) < 4.78 is 7.85. The predicted molar refractivity (Wildman–Crippen MR) is 164 cm³/mol. The van der Waals surface area contributed by atoms with Gasteiger partial charge in [0, 0.05) is 48.1 Å². The van der Waals surface area contributed by atoms with E-state index in [2.05, 4.69) is 58.5 Å². The van der Waals surface area contributed by atoms with Crippen LogP contribution >= 0.6 is 21.6 Å². The van der Waals surface area contributed by atoms with Gasteiger partial charge in [-0.3, -0.25) is 4.79 Å². The molecule has 1 amide bonds.